The largest absolute Gasteiger partial charge is 0.370 e. The van der Waals surface area contributed by atoms with E-state index in [4.69, 9.17) is 0 Å². The normalized spacial score (nSPS) is 6.25. The molecule has 0 atom stereocenters. The fourth-order valence-corrected chi connectivity index (χ4v) is 0. The van der Waals surface area contributed by atoms with Crippen LogP contribution < -0.4 is 17.2 Å². The first kappa shape index (κ1) is 16.8. The first-order chi connectivity index (χ1) is 5.20. The van der Waals surface area contributed by atoms with Crippen LogP contribution in [0.3, 0.4) is 0 Å². The lowest BCUT2D eigenvalue weighted by Crippen LogP contribution is -2.01. The molecule has 72 valence electrons. The Labute approximate surface area is 71.1 Å². The van der Waals surface area contributed by atoms with Crippen LogP contribution in [0.1, 0.15) is 20.8 Å². The van der Waals surface area contributed by atoms with Gasteiger partial charge in [0.15, 0.2) is 0 Å². The van der Waals surface area contributed by atoms with Crippen LogP contribution >= 0.6 is 0 Å². The van der Waals surface area contributed by atoms with Crippen molar-refractivity contribution in [3.8, 4) is 0 Å². The number of carbonyl (C=O) groups excluding carboxylic acids is 3. The zero-order valence-electron chi connectivity index (χ0n) is 7.46. The summed E-state index contributed by atoms with van der Waals surface area (Å²) in [6.45, 7) is 3.92. The van der Waals surface area contributed by atoms with Gasteiger partial charge >= 0.3 is 0 Å². The van der Waals surface area contributed by atoms with Gasteiger partial charge in [-0.1, -0.05) is 0 Å². The minimum atomic E-state index is -0.333. The maximum absolute atomic E-state index is 9.22. The van der Waals surface area contributed by atoms with Crippen molar-refractivity contribution >= 4 is 17.7 Å². The molecule has 0 aliphatic rings. The Balaban J connectivity index is -0.000000101. The third-order valence-electron chi connectivity index (χ3n) is 0. The molecule has 0 aliphatic heterocycles. The molecule has 0 aromatic carbocycles. The van der Waals surface area contributed by atoms with Crippen molar-refractivity contribution < 1.29 is 14.4 Å². The highest BCUT2D eigenvalue weighted by molar-refractivity contribution is 5.70. The van der Waals surface area contributed by atoms with Gasteiger partial charge in [-0.15, -0.1) is 0 Å². The van der Waals surface area contributed by atoms with Crippen LogP contribution in [0.15, 0.2) is 0 Å². The summed E-state index contributed by atoms with van der Waals surface area (Å²) in [5.41, 5.74) is 13.4. The van der Waals surface area contributed by atoms with Gasteiger partial charge in [-0.3, -0.25) is 14.4 Å². The van der Waals surface area contributed by atoms with E-state index in [2.05, 4.69) is 17.2 Å². The predicted molar refractivity (Wildman–Crippen MR) is 44.6 cm³/mol. The molecular weight excluding hydrogens is 162 g/mol. The van der Waals surface area contributed by atoms with Crippen LogP contribution in [-0.4, -0.2) is 17.7 Å². The van der Waals surface area contributed by atoms with Crippen LogP contribution in [0.5, 0.6) is 0 Å². The average molecular weight is 177 g/mol. The number of nitrogens with two attached hydrogens (primary N) is 3. The molecule has 0 aromatic heterocycles. The number of carbonyl (C=O) groups is 3. The van der Waals surface area contributed by atoms with Gasteiger partial charge < -0.3 is 17.2 Å². The zero-order chi connectivity index (χ0) is 10.7. The Morgan fingerprint density at radius 3 is 0.667 bits per heavy atom. The molecule has 6 nitrogen and oxygen atoms in total. The molecule has 0 aliphatic carbocycles. The van der Waals surface area contributed by atoms with Gasteiger partial charge in [-0.05, 0) is 0 Å². The molecule has 0 heterocycles. The Morgan fingerprint density at radius 2 is 0.667 bits per heavy atom. The van der Waals surface area contributed by atoms with E-state index < -0.39 is 0 Å². The van der Waals surface area contributed by atoms with Crippen LogP contribution in [0.4, 0.5) is 0 Å². The van der Waals surface area contributed by atoms with E-state index >= 15 is 0 Å². The van der Waals surface area contributed by atoms with Crippen LogP contribution in [0.25, 0.3) is 0 Å². The summed E-state index contributed by atoms with van der Waals surface area (Å²) in [5, 5.41) is 0. The molecule has 0 fully saturated rings. The second-order valence-electron chi connectivity index (χ2n) is 1.83. The van der Waals surface area contributed by atoms with Crippen molar-refractivity contribution in [2.75, 3.05) is 0 Å². The number of hydrogen-bond donors (Lipinski definition) is 3. The molecule has 0 bridgehead atoms. The smallest absolute Gasteiger partial charge is 0.214 e. The molecular formula is C6H15N3O3. The summed E-state index contributed by atoms with van der Waals surface area (Å²) in [4.78, 5) is 27.7. The van der Waals surface area contributed by atoms with Gasteiger partial charge in [0.05, 0.1) is 0 Å². The first-order valence-electron chi connectivity index (χ1n) is 2.98. The summed E-state index contributed by atoms with van der Waals surface area (Å²) in [6, 6.07) is 0. The molecule has 0 aromatic rings. The number of primary amides is 3. The SMILES string of the molecule is CC(N)=O.CC(N)=O.CC(N)=O. The molecule has 0 radical (unpaired) electrons. The van der Waals surface area contributed by atoms with E-state index in [1.165, 1.54) is 20.8 Å². The highest BCUT2D eigenvalue weighted by Crippen LogP contribution is 1.34. The molecule has 6 N–H and O–H groups in total. The zero-order valence-corrected chi connectivity index (χ0v) is 7.46. The predicted octanol–water partition coefficient (Wildman–Crippen LogP) is -1.53. The van der Waals surface area contributed by atoms with Crippen molar-refractivity contribution in [3.63, 3.8) is 0 Å². The van der Waals surface area contributed by atoms with Crippen LogP contribution in [-0.2, 0) is 14.4 Å². The third kappa shape index (κ3) is 183. The Morgan fingerprint density at radius 1 is 0.667 bits per heavy atom. The van der Waals surface area contributed by atoms with Crippen molar-refractivity contribution in [2.24, 2.45) is 17.2 Å². The minimum absolute atomic E-state index is 0.333. The Kier molecular flexibility index (Phi) is 17.0. The molecule has 3 amide bonds. The van der Waals surface area contributed by atoms with Gasteiger partial charge in [0.1, 0.15) is 0 Å². The second kappa shape index (κ2) is 12.1. The second-order valence-corrected chi connectivity index (χ2v) is 1.83. The summed E-state index contributed by atoms with van der Waals surface area (Å²) in [6.07, 6.45) is 0. The van der Waals surface area contributed by atoms with E-state index in [9.17, 15) is 14.4 Å². The third-order valence-corrected chi connectivity index (χ3v) is 0. The first-order valence-corrected chi connectivity index (χ1v) is 2.98. The van der Waals surface area contributed by atoms with E-state index in [1.807, 2.05) is 0 Å². The fourth-order valence-electron chi connectivity index (χ4n) is 0. The van der Waals surface area contributed by atoms with Gasteiger partial charge in [0.2, 0.25) is 17.7 Å². The summed E-state index contributed by atoms with van der Waals surface area (Å²) >= 11 is 0. The maximum Gasteiger partial charge on any atom is 0.214 e. The van der Waals surface area contributed by atoms with Crippen molar-refractivity contribution in [3.05, 3.63) is 0 Å². The standard InChI is InChI=1S/3C2H5NO/c3*1-2(3)4/h3*1H3,(H2,3,4). The average Bonchev–Trinajstić information content (AvgIpc) is 1.54. The lowest BCUT2D eigenvalue weighted by Gasteiger charge is -1.60. The molecule has 0 saturated heterocycles. The van der Waals surface area contributed by atoms with Crippen molar-refractivity contribution in [2.45, 2.75) is 20.8 Å². The molecule has 0 spiro atoms. The van der Waals surface area contributed by atoms with Crippen molar-refractivity contribution in [1.29, 1.82) is 0 Å². The molecule has 6 heteroatoms. The highest BCUT2D eigenvalue weighted by Gasteiger charge is 1.62. The van der Waals surface area contributed by atoms with Crippen LogP contribution in [0.2, 0.25) is 0 Å². The lowest BCUT2D eigenvalue weighted by molar-refractivity contribution is -0.116. The molecule has 12 heavy (non-hydrogen) atoms. The molecule has 0 rings (SSSR count). The Bertz CT molecular complexity index is 116. The van der Waals surface area contributed by atoms with Gasteiger partial charge in [-0.25, -0.2) is 0 Å². The van der Waals surface area contributed by atoms with Crippen LogP contribution in [0, 0.1) is 0 Å². The van der Waals surface area contributed by atoms with Gasteiger partial charge in [0, 0.05) is 20.8 Å². The van der Waals surface area contributed by atoms with E-state index in [-0.39, 0.29) is 17.7 Å². The topological polar surface area (TPSA) is 129 Å². The van der Waals surface area contributed by atoms with Crippen molar-refractivity contribution in [1.82, 2.24) is 0 Å². The van der Waals surface area contributed by atoms with Gasteiger partial charge in [0.25, 0.3) is 0 Å². The lowest BCUT2D eigenvalue weighted by atomic mass is 10.8. The molecule has 0 unspecified atom stereocenters. The summed E-state index contributed by atoms with van der Waals surface area (Å²) in [5.74, 6) is -1.000. The van der Waals surface area contributed by atoms with E-state index in [1.54, 1.807) is 0 Å². The molecule has 0 saturated carbocycles. The summed E-state index contributed by atoms with van der Waals surface area (Å²) < 4.78 is 0. The van der Waals surface area contributed by atoms with E-state index in [0.29, 0.717) is 0 Å². The number of amides is 3. The quantitative estimate of drug-likeness (QED) is 0.415. The highest BCUT2D eigenvalue weighted by atomic mass is 16.1. The van der Waals surface area contributed by atoms with E-state index in [0.717, 1.165) is 0 Å². The fraction of sp³-hybridized carbons (Fsp3) is 0.500. The minimum Gasteiger partial charge on any atom is -0.370 e. The summed E-state index contributed by atoms with van der Waals surface area (Å²) in [7, 11) is 0. The number of hydrogen-bond acceptors (Lipinski definition) is 3. The van der Waals surface area contributed by atoms with Gasteiger partial charge in [-0.2, -0.15) is 0 Å². The maximum atomic E-state index is 9.22. The Hall–Kier alpha value is -1.59. The monoisotopic (exact) mass is 177 g/mol. The number of rotatable bonds is 0.